The number of benzene rings is 3. The first kappa shape index (κ1) is 21.4. The Morgan fingerprint density at radius 1 is 0.800 bits per heavy atom. The molecule has 1 saturated heterocycles. The summed E-state index contributed by atoms with van der Waals surface area (Å²) in [5, 5.41) is 9.83. The number of nitriles is 1. The van der Waals surface area contributed by atoms with E-state index < -0.39 is 0 Å². The van der Waals surface area contributed by atoms with Gasteiger partial charge in [-0.05, 0) is 41.8 Å². The topological polar surface area (TPSA) is 47.6 Å². The Bertz CT molecular complexity index is 1480. The lowest BCUT2D eigenvalue weighted by Gasteiger charge is -2.41. The molecule has 0 radical (unpaired) electrons. The monoisotopic (exact) mass is 457 g/mol. The van der Waals surface area contributed by atoms with E-state index in [1.54, 1.807) is 0 Å². The Morgan fingerprint density at radius 3 is 2.03 bits per heavy atom. The Kier molecular flexibility index (Phi) is 5.44. The van der Waals surface area contributed by atoms with E-state index in [1.807, 2.05) is 25.1 Å². The predicted molar refractivity (Wildman–Crippen MR) is 141 cm³/mol. The lowest BCUT2D eigenvalue weighted by Crippen LogP contribution is -2.48. The van der Waals surface area contributed by atoms with Crippen molar-refractivity contribution in [3.8, 4) is 6.07 Å². The summed E-state index contributed by atoms with van der Waals surface area (Å²) < 4.78 is 2.17. The van der Waals surface area contributed by atoms with Crippen molar-refractivity contribution in [2.75, 3.05) is 31.1 Å². The largest absolute Gasteiger partial charge is 0.355 e. The molecule has 5 nitrogen and oxygen atoms in total. The molecule has 3 heterocycles. The van der Waals surface area contributed by atoms with Gasteiger partial charge < -0.3 is 4.90 Å². The number of rotatable bonds is 4. The maximum Gasteiger partial charge on any atom is 0.157 e. The van der Waals surface area contributed by atoms with Crippen LogP contribution in [0, 0.1) is 18.3 Å². The molecule has 0 unspecified atom stereocenters. The van der Waals surface area contributed by atoms with Crippen LogP contribution in [0.1, 0.15) is 28.3 Å². The van der Waals surface area contributed by atoms with E-state index >= 15 is 0 Å². The van der Waals surface area contributed by atoms with Crippen LogP contribution in [0.2, 0.25) is 0 Å². The van der Waals surface area contributed by atoms with Gasteiger partial charge in [0, 0.05) is 26.2 Å². The third-order valence-electron chi connectivity index (χ3n) is 7.10. The maximum atomic E-state index is 9.83. The SMILES string of the molecule is Cc1cc(N2CCN(C(c3ccccc3)c3ccccc3)CC2)n2c(nc3ccccc32)c1C#N. The highest BCUT2D eigenvalue weighted by Gasteiger charge is 2.28. The van der Waals surface area contributed by atoms with Gasteiger partial charge in [-0.3, -0.25) is 9.30 Å². The number of piperazine rings is 1. The van der Waals surface area contributed by atoms with Crippen molar-refractivity contribution >= 4 is 22.5 Å². The van der Waals surface area contributed by atoms with E-state index in [9.17, 15) is 5.26 Å². The lowest BCUT2D eigenvalue weighted by molar-refractivity contribution is 0.212. The Hall–Kier alpha value is -4.14. The zero-order valence-electron chi connectivity index (χ0n) is 19.8. The molecule has 0 saturated carbocycles. The number of imidazole rings is 1. The standard InChI is InChI=1S/C30H27N5/c1-22-20-28(35-27-15-9-8-14-26(27)32-30(35)25(22)21-31)33-16-18-34(19-17-33)29(23-10-4-2-5-11-23)24-12-6-3-7-13-24/h2-15,20,29H,16-19H2,1H3. The minimum atomic E-state index is 0.233. The number of anilines is 1. The third kappa shape index (κ3) is 3.73. The van der Waals surface area contributed by atoms with Gasteiger partial charge in [0.1, 0.15) is 11.9 Å². The zero-order valence-corrected chi connectivity index (χ0v) is 19.8. The van der Waals surface area contributed by atoms with Crippen molar-refractivity contribution in [1.29, 1.82) is 5.26 Å². The number of hydrogen-bond acceptors (Lipinski definition) is 4. The summed E-state index contributed by atoms with van der Waals surface area (Å²) in [6, 6.07) is 34.5. The second-order valence-corrected chi connectivity index (χ2v) is 9.18. The first-order valence-electron chi connectivity index (χ1n) is 12.1. The Morgan fingerprint density at radius 2 is 1.40 bits per heavy atom. The summed E-state index contributed by atoms with van der Waals surface area (Å²) >= 11 is 0. The first-order valence-corrected chi connectivity index (χ1v) is 12.1. The minimum Gasteiger partial charge on any atom is -0.355 e. The zero-order chi connectivity index (χ0) is 23.8. The Labute approximate surface area is 205 Å². The van der Waals surface area contributed by atoms with Crippen molar-refractivity contribution in [2.45, 2.75) is 13.0 Å². The second-order valence-electron chi connectivity index (χ2n) is 9.18. The molecule has 1 fully saturated rings. The number of pyridine rings is 1. The molecule has 5 heteroatoms. The second kappa shape index (κ2) is 8.90. The summed E-state index contributed by atoms with van der Waals surface area (Å²) in [5.41, 5.74) is 6.98. The van der Waals surface area contributed by atoms with Gasteiger partial charge >= 0.3 is 0 Å². The number of para-hydroxylation sites is 2. The molecule has 0 bridgehead atoms. The van der Waals surface area contributed by atoms with Crippen LogP contribution in [0.3, 0.4) is 0 Å². The van der Waals surface area contributed by atoms with Gasteiger partial charge in [0.2, 0.25) is 0 Å². The quantitative estimate of drug-likeness (QED) is 0.354. The van der Waals surface area contributed by atoms with Crippen molar-refractivity contribution in [3.05, 3.63) is 113 Å². The molecule has 3 aromatic carbocycles. The van der Waals surface area contributed by atoms with E-state index in [4.69, 9.17) is 4.98 Å². The van der Waals surface area contributed by atoms with Crippen molar-refractivity contribution < 1.29 is 0 Å². The molecule has 1 aliphatic heterocycles. The van der Waals surface area contributed by atoms with E-state index in [1.165, 1.54) is 11.1 Å². The molecule has 0 N–H and O–H groups in total. The molecular weight excluding hydrogens is 430 g/mol. The third-order valence-corrected chi connectivity index (χ3v) is 7.10. The van der Waals surface area contributed by atoms with Gasteiger partial charge in [0.05, 0.1) is 22.6 Å². The average molecular weight is 458 g/mol. The molecular formula is C30H27N5. The number of fused-ring (bicyclic) bond motifs is 3. The van der Waals surface area contributed by atoms with Crippen LogP contribution in [0.4, 0.5) is 5.82 Å². The van der Waals surface area contributed by atoms with Crippen molar-refractivity contribution in [3.63, 3.8) is 0 Å². The van der Waals surface area contributed by atoms with Crippen molar-refractivity contribution in [1.82, 2.24) is 14.3 Å². The highest BCUT2D eigenvalue weighted by Crippen LogP contribution is 2.32. The van der Waals surface area contributed by atoms with E-state index in [2.05, 4.69) is 93.1 Å². The van der Waals surface area contributed by atoms with Gasteiger partial charge in [0.15, 0.2) is 5.65 Å². The van der Waals surface area contributed by atoms with Gasteiger partial charge in [-0.2, -0.15) is 5.26 Å². The van der Waals surface area contributed by atoms with Gasteiger partial charge in [-0.15, -0.1) is 0 Å². The number of hydrogen-bond donors (Lipinski definition) is 0. The van der Waals surface area contributed by atoms with E-state index in [-0.39, 0.29) is 6.04 Å². The molecule has 0 amide bonds. The van der Waals surface area contributed by atoms with Gasteiger partial charge in [-0.1, -0.05) is 72.8 Å². The van der Waals surface area contributed by atoms with Crippen LogP contribution in [-0.4, -0.2) is 40.5 Å². The number of aryl methyl sites for hydroxylation is 1. The molecule has 0 atom stereocenters. The summed E-state index contributed by atoms with van der Waals surface area (Å²) in [6.07, 6.45) is 0. The van der Waals surface area contributed by atoms with E-state index in [0.717, 1.165) is 54.2 Å². The minimum absolute atomic E-state index is 0.233. The van der Waals surface area contributed by atoms with E-state index in [0.29, 0.717) is 5.56 Å². The maximum absolute atomic E-state index is 9.83. The van der Waals surface area contributed by atoms with Crippen LogP contribution in [0.15, 0.2) is 91.0 Å². The fourth-order valence-electron chi connectivity index (χ4n) is 5.40. The highest BCUT2D eigenvalue weighted by molar-refractivity contribution is 5.85. The van der Waals surface area contributed by atoms with Gasteiger partial charge in [0.25, 0.3) is 0 Å². The van der Waals surface area contributed by atoms with Crippen LogP contribution in [0.5, 0.6) is 0 Å². The van der Waals surface area contributed by atoms with Gasteiger partial charge in [-0.25, -0.2) is 4.98 Å². The fourth-order valence-corrected chi connectivity index (χ4v) is 5.40. The predicted octanol–water partition coefficient (Wildman–Crippen LogP) is 5.58. The van der Waals surface area contributed by atoms with Crippen molar-refractivity contribution in [2.24, 2.45) is 0 Å². The van der Waals surface area contributed by atoms with Crippen LogP contribution >= 0.6 is 0 Å². The molecule has 5 aromatic rings. The summed E-state index contributed by atoms with van der Waals surface area (Å²) in [7, 11) is 0. The molecule has 0 spiro atoms. The summed E-state index contributed by atoms with van der Waals surface area (Å²) in [4.78, 5) is 9.86. The number of nitrogens with zero attached hydrogens (tertiary/aromatic N) is 5. The van der Waals surface area contributed by atoms with Crippen LogP contribution in [0.25, 0.3) is 16.7 Å². The normalized spacial score (nSPS) is 14.6. The molecule has 172 valence electrons. The summed E-state index contributed by atoms with van der Waals surface area (Å²) in [6.45, 7) is 5.72. The lowest BCUT2D eigenvalue weighted by atomic mass is 9.96. The Balaban J connectivity index is 1.36. The fraction of sp³-hybridized carbons (Fsp3) is 0.200. The van der Waals surface area contributed by atoms with Crippen LogP contribution < -0.4 is 4.90 Å². The summed E-state index contributed by atoms with van der Waals surface area (Å²) in [5.74, 6) is 1.11. The average Bonchev–Trinajstić information content (AvgIpc) is 3.29. The molecule has 6 rings (SSSR count). The molecule has 1 aliphatic rings. The van der Waals surface area contributed by atoms with Crippen LogP contribution in [-0.2, 0) is 0 Å². The first-order chi connectivity index (χ1) is 17.2. The highest BCUT2D eigenvalue weighted by atomic mass is 15.3. The smallest absolute Gasteiger partial charge is 0.157 e. The molecule has 0 aliphatic carbocycles. The number of aromatic nitrogens is 2. The molecule has 2 aromatic heterocycles. The molecule has 35 heavy (non-hydrogen) atoms.